The van der Waals surface area contributed by atoms with E-state index in [1.807, 2.05) is 0 Å². The van der Waals surface area contributed by atoms with Crippen LogP contribution in [0.3, 0.4) is 0 Å². The van der Waals surface area contributed by atoms with Gasteiger partial charge >= 0.3 is 11.8 Å². The van der Waals surface area contributed by atoms with Crippen LogP contribution in [0.4, 0.5) is 0 Å². The quantitative estimate of drug-likeness (QED) is 0.644. The van der Waals surface area contributed by atoms with Crippen LogP contribution >= 0.6 is 11.3 Å². The summed E-state index contributed by atoms with van der Waals surface area (Å²) >= 11 is 1.11. The van der Waals surface area contributed by atoms with Crippen molar-refractivity contribution in [1.29, 1.82) is 0 Å². The number of amides is 2. The monoisotopic (exact) mass is 410 g/mol. The van der Waals surface area contributed by atoms with Crippen molar-refractivity contribution in [1.82, 2.24) is 19.9 Å². The third kappa shape index (κ3) is 4.69. The first-order valence-electron chi connectivity index (χ1n) is 8.10. The molecule has 0 bridgehead atoms. The predicted octanol–water partition coefficient (Wildman–Crippen LogP) is -0.0773. The van der Waals surface area contributed by atoms with E-state index < -0.39 is 28.1 Å². The van der Waals surface area contributed by atoms with Crippen LogP contribution in [0.15, 0.2) is 46.2 Å². The highest BCUT2D eigenvalue weighted by atomic mass is 32.2. The highest BCUT2D eigenvalue weighted by Crippen LogP contribution is 2.25. The molecule has 144 valence electrons. The molecule has 2 aromatic rings. The summed E-state index contributed by atoms with van der Waals surface area (Å²) in [6.07, 6.45) is 2.32. The Morgan fingerprint density at radius 3 is 2.67 bits per heavy atom. The van der Waals surface area contributed by atoms with E-state index in [0.717, 1.165) is 16.9 Å². The van der Waals surface area contributed by atoms with Gasteiger partial charge in [-0.25, -0.2) is 8.42 Å². The Morgan fingerprint density at radius 2 is 1.96 bits per heavy atom. The summed E-state index contributed by atoms with van der Waals surface area (Å²) in [4.78, 5) is 27.7. The molecule has 1 aliphatic heterocycles. The number of rotatable bonds is 6. The number of nitrogens with one attached hydrogen (secondary N) is 2. The van der Waals surface area contributed by atoms with E-state index in [0.29, 0.717) is 0 Å². The maximum Gasteiger partial charge on any atom is 0.309 e. The molecule has 0 spiro atoms. The van der Waals surface area contributed by atoms with Crippen LogP contribution in [-0.4, -0.2) is 55.4 Å². The zero-order valence-electron chi connectivity index (χ0n) is 14.2. The highest BCUT2D eigenvalue weighted by molar-refractivity contribution is 7.91. The zero-order valence-corrected chi connectivity index (χ0v) is 15.8. The molecule has 0 unspecified atom stereocenters. The third-order valence-electron chi connectivity index (χ3n) is 3.85. The standard InChI is InChI=1S/C16H18N4O5S2/c21-15(18-10-12-3-5-17-6-4-12)16(22)19-11-13-20(7-8-25-13)27(23,24)14-2-1-9-26-14/h1-6,9,13H,7-8,10-11H2,(H,18,21)(H,19,22)/t13-/m0/s1. The minimum absolute atomic E-state index is 0.119. The van der Waals surface area contributed by atoms with Crippen LogP contribution in [-0.2, 0) is 30.9 Å². The topological polar surface area (TPSA) is 118 Å². The summed E-state index contributed by atoms with van der Waals surface area (Å²) in [6.45, 7) is 0.480. The maximum atomic E-state index is 12.6. The van der Waals surface area contributed by atoms with Gasteiger partial charge in [0.05, 0.1) is 13.2 Å². The second-order valence-corrected chi connectivity index (χ2v) is 8.69. The number of sulfonamides is 1. The number of hydrogen-bond acceptors (Lipinski definition) is 7. The van der Waals surface area contributed by atoms with Gasteiger partial charge in [0.1, 0.15) is 10.4 Å². The Bertz CT molecular complexity index is 887. The summed E-state index contributed by atoms with van der Waals surface area (Å²) in [5.74, 6) is -1.66. The SMILES string of the molecule is O=C(NCc1ccncc1)C(=O)NC[C@@H]1OCCN1S(=O)(=O)c1cccs1. The average Bonchev–Trinajstić information content (AvgIpc) is 3.37. The van der Waals surface area contributed by atoms with E-state index in [1.165, 1.54) is 10.4 Å². The van der Waals surface area contributed by atoms with E-state index >= 15 is 0 Å². The van der Waals surface area contributed by atoms with Gasteiger partial charge in [0.2, 0.25) is 0 Å². The van der Waals surface area contributed by atoms with Gasteiger partial charge in [-0.05, 0) is 29.1 Å². The fraction of sp³-hybridized carbons (Fsp3) is 0.312. The maximum absolute atomic E-state index is 12.6. The molecule has 3 rings (SSSR count). The second kappa shape index (κ2) is 8.57. The lowest BCUT2D eigenvalue weighted by molar-refractivity contribution is -0.139. The van der Waals surface area contributed by atoms with Crippen molar-refractivity contribution in [3.8, 4) is 0 Å². The lowest BCUT2D eigenvalue weighted by Crippen LogP contribution is -2.47. The van der Waals surface area contributed by atoms with Crippen LogP contribution in [0.1, 0.15) is 5.56 Å². The molecular weight excluding hydrogens is 392 g/mol. The fourth-order valence-electron chi connectivity index (χ4n) is 2.49. The van der Waals surface area contributed by atoms with Crippen molar-refractivity contribution in [2.24, 2.45) is 0 Å². The zero-order chi connectivity index (χ0) is 19.3. The van der Waals surface area contributed by atoms with E-state index in [9.17, 15) is 18.0 Å². The lowest BCUT2D eigenvalue weighted by Gasteiger charge is -2.22. The summed E-state index contributed by atoms with van der Waals surface area (Å²) in [5, 5.41) is 6.58. The Hall–Kier alpha value is -2.34. The number of ether oxygens (including phenoxy) is 1. The van der Waals surface area contributed by atoms with E-state index in [2.05, 4.69) is 15.6 Å². The van der Waals surface area contributed by atoms with Gasteiger partial charge in [0.15, 0.2) is 0 Å². The van der Waals surface area contributed by atoms with Crippen molar-refractivity contribution < 1.29 is 22.7 Å². The molecule has 0 saturated carbocycles. The number of carbonyl (C=O) groups is 2. The number of nitrogens with zero attached hydrogens (tertiary/aromatic N) is 2. The molecule has 9 nitrogen and oxygen atoms in total. The first-order valence-corrected chi connectivity index (χ1v) is 10.4. The number of carbonyl (C=O) groups excluding carboxylic acids is 2. The molecule has 1 aliphatic rings. The van der Waals surface area contributed by atoms with E-state index in [4.69, 9.17) is 4.74 Å². The van der Waals surface area contributed by atoms with Crippen molar-refractivity contribution in [3.63, 3.8) is 0 Å². The Balaban J connectivity index is 1.52. The van der Waals surface area contributed by atoms with Crippen LogP contribution in [0.5, 0.6) is 0 Å². The number of thiophene rings is 1. The molecule has 1 atom stereocenters. The van der Waals surface area contributed by atoms with Gasteiger partial charge in [-0.3, -0.25) is 14.6 Å². The van der Waals surface area contributed by atoms with Crippen LogP contribution in [0.2, 0.25) is 0 Å². The number of hydrogen-bond donors (Lipinski definition) is 2. The first-order chi connectivity index (χ1) is 13.0. The third-order valence-corrected chi connectivity index (χ3v) is 7.11. The highest BCUT2D eigenvalue weighted by Gasteiger charge is 2.37. The van der Waals surface area contributed by atoms with Gasteiger partial charge in [-0.1, -0.05) is 6.07 Å². The average molecular weight is 410 g/mol. The van der Waals surface area contributed by atoms with Crippen molar-refractivity contribution in [3.05, 3.63) is 47.6 Å². The molecule has 11 heteroatoms. The molecule has 2 N–H and O–H groups in total. The molecule has 0 aliphatic carbocycles. The van der Waals surface area contributed by atoms with Crippen LogP contribution in [0, 0.1) is 0 Å². The Morgan fingerprint density at radius 1 is 1.22 bits per heavy atom. The van der Waals surface area contributed by atoms with Gasteiger partial charge in [0, 0.05) is 25.5 Å². The summed E-state index contributed by atoms with van der Waals surface area (Å²) in [7, 11) is -3.69. The minimum atomic E-state index is -3.69. The summed E-state index contributed by atoms with van der Waals surface area (Å²) < 4.78 is 32.0. The van der Waals surface area contributed by atoms with Gasteiger partial charge in [-0.2, -0.15) is 4.31 Å². The van der Waals surface area contributed by atoms with Crippen LogP contribution in [0.25, 0.3) is 0 Å². The molecule has 0 radical (unpaired) electrons. The number of aromatic nitrogens is 1. The fourth-order valence-corrected chi connectivity index (χ4v) is 5.12. The molecule has 1 fully saturated rings. The molecule has 1 saturated heterocycles. The molecular formula is C16H18N4O5S2. The molecule has 2 aromatic heterocycles. The van der Waals surface area contributed by atoms with Gasteiger partial charge in [0.25, 0.3) is 10.0 Å². The molecule has 3 heterocycles. The van der Waals surface area contributed by atoms with E-state index in [-0.39, 0.29) is 30.5 Å². The lowest BCUT2D eigenvalue weighted by atomic mass is 10.3. The van der Waals surface area contributed by atoms with E-state index in [1.54, 1.807) is 36.0 Å². The first kappa shape index (κ1) is 19.4. The molecule has 2 amide bonds. The van der Waals surface area contributed by atoms with Gasteiger partial charge in [-0.15, -0.1) is 11.3 Å². The van der Waals surface area contributed by atoms with Crippen molar-refractivity contribution in [2.75, 3.05) is 19.7 Å². The predicted molar refractivity (Wildman–Crippen MR) is 97.0 cm³/mol. The summed E-state index contributed by atoms with van der Waals surface area (Å²) in [5.41, 5.74) is 0.804. The molecule has 27 heavy (non-hydrogen) atoms. The Kier molecular flexibility index (Phi) is 6.16. The Labute approximate surface area is 160 Å². The van der Waals surface area contributed by atoms with Crippen molar-refractivity contribution in [2.45, 2.75) is 17.0 Å². The van der Waals surface area contributed by atoms with Gasteiger partial charge < -0.3 is 15.4 Å². The largest absolute Gasteiger partial charge is 0.359 e. The van der Waals surface area contributed by atoms with Crippen molar-refractivity contribution >= 4 is 33.2 Å². The molecule has 0 aromatic carbocycles. The van der Waals surface area contributed by atoms with Crippen LogP contribution < -0.4 is 10.6 Å². The normalized spacial score (nSPS) is 17.6. The minimum Gasteiger partial charge on any atom is -0.359 e. The summed E-state index contributed by atoms with van der Waals surface area (Å²) in [6, 6.07) is 6.61. The smallest absolute Gasteiger partial charge is 0.309 e. The second-order valence-electron chi connectivity index (χ2n) is 5.62. The number of pyridine rings is 1.